The van der Waals surface area contributed by atoms with Gasteiger partial charge in [-0.15, -0.1) is 0 Å². The lowest BCUT2D eigenvalue weighted by atomic mass is 9.93. The summed E-state index contributed by atoms with van der Waals surface area (Å²) in [7, 11) is 2.13. The van der Waals surface area contributed by atoms with Crippen molar-refractivity contribution in [2.24, 2.45) is 5.92 Å². The van der Waals surface area contributed by atoms with Crippen molar-refractivity contribution >= 4 is 17.5 Å². The van der Waals surface area contributed by atoms with Crippen molar-refractivity contribution in [1.29, 1.82) is 0 Å². The molecule has 3 rings (SSSR count). The molecule has 0 saturated carbocycles. The molecule has 0 spiro atoms. The van der Waals surface area contributed by atoms with Crippen LogP contribution in [0.5, 0.6) is 0 Å². The van der Waals surface area contributed by atoms with Crippen molar-refractivity contribution in [3.63, 3.8) is 0 Å². The van der Waals surface area contributed by atoms with Crippen LogP contribution in [0.3, 0.4) is 0 Å². The smallest absolute Gasteiger partial charge is 0.255 e. The fourth-order valence-electron chi connectivity index (χ4n) is 3.95. The molecule has 5 heteroatoms. The van der Waals surface area contributed by atoms with Gasteiger partial charge in [0.05, 0.1) is 11.3 Å². The largest absolute Gasteiger partial charge is 0.339 e. The van der Waals surface area contributed by atoms with Gasteiger partial charge in [-0.1, -0.05) is 25.0 Å². The molecule has 0 aliphatic carbocycles. The molecule has 2 aliphatic heterocycles. The van der Waals surface area contributed by atoms with Gasteiger partial charge in [-0.2, -0.15) is 0 Å². The Labute approximate surface area is 156 Å². The second-order valence-electron chi connectivity index (χ2n) is 7.75. The normalized spacial score (nSPS) is 19.8. The summed E-state index contributed by atoms with van der Waals surface area (Å²) in [4.78, 5) is 29.7. The molecule has 0 aromatic heterocycles. The van der Waals surface area contributed by atoms with Gasteiger partial charge < -0.3 is 15.1 Å². The number of hydrogen-bond acceptors (Lipinski definition) is 3. The van der Waals surface area contributed by atoms with E-state index in [2.05, 4.69) is 17.3 Å². The lowest BCUT2D eigenvalue weighted by Crippen LogP contribution is -2.33. The predicted molar refractivity (Wildman–Crippen MR) is 104 cm³/mol. The minimum Gasteiger partial charge on any atom is -0.339 e. The van der Waals surface area contributed by atoms with E-state index in [9.17, 15) is 9.59 Å². The molecule has 1 aromatic rings. The SMILES string of the molecule is CN1CCC(CC(=O)Nc2ccccc2C(=O)N2CCCCCC2)CC1. The Morgan fingerprint density at radius 2 is 1.65 bits per heavy atom. The van der Waals surface area contributed by atoms with Crippen LogP contribution in [0.1, 0.15) is 55.3 Å². The number of rotatable bonds is 4. The molecule has 2 amide bonds. The third-order valence-electron chi connectivity index (χ3n) is 5.64. The number of carbonyl (C=O) groups is 2. The highest BCUT2D eigenvalue weighted by Gasteiger charge is 2.22. The van der Waals surface area contributed by atoms with E-state index in [1.165, 1.54) is 12.8 Å². The maximum atomic E-state index is 13.0. The van der Waals surface area contributed by atoms with E-state index in [1.54, 1.807) is 0 Å². The van der Waals surface area contributed by atoms with Crippen LogP contribution in [0.4, 0.5) is 5.69 Å². The molecule has 142 valence electrons. The molecule has 1 aromatic carbocycles. The van der Waals surface area contributed by atoms with E-state index in [0.717, 1.165) is 51.9 Å². The summed E-state index contributed by atoms with van der Waals surface area (Å²) < 4.78 is 0. The number of anilines is 1. The first-order chi connectivity index (χ1) is 12.6. The molecule has 0 bridgehead atoms. The fourth-order valence-corrected chi connectivity index (χ4v) is 3.95. The van der Waals surface area contributed by atoms with Crippen molar-refractivity contribution in [2.75, 3.05) is 38.5 Å². The molecule has 0 radical (unpaired) electrons. The first-order valence-corrected chi connectivity index (χ1v) is 10.00. The maximum Gasteiger partial charge on any atom is 0.255 e. The van der Waals surface area contributed by atoms with Crippen molar-refractivity contribution in [3.05, 3.63) is 29.8 Å². The zero-order valence-electron chi connectivity index (χ0n) is 15.9. The van der Waals surface area contributed by atoms with Gasteiger partial charge in [-0.05, 0) is 63.9 Å². The second-order valence-corrected chi connectivity index (χ2v) is 7.75. The Bertz CT molecular complexity index is 615. The maximum absolute atomic E-state index is 13.0. The summed E-state index contributed by atoms with van der Waals surface area (Å²) in [5.74, 6) is 0.512. The highest BCUT2D eigenvalue weighted by Crippen LogP contribution is 2.23. The molecule has 2 aliphatic rings. The Kier molecular flexibility index (Phi) is 6.67. The van der Waals surface area contributed by atoms with Gasteiger partial charge in [0.1, 0.15) is 0 Å². The zero-order chi connectivity index (χ0) is 18.4. The van der Waals surface area contributed by atoms with Crippen LogP contribution in [0.15, 0.2) is 24.3 Å². The topological polar surface area (TPSA) is 52.7 Å². The van der Waals surface area contributed by atoms with E-state index >= 15 is 0 Å². The molecule has 2 saturated heterocycles. The number of likely N-dealkylation sites (tertiary alicyclic amines) is 2. The summed E-state index contributed by atoms with van der Waals surface area (Å²) in [6.07, 6.45) is 7.20. The molecule has 0 unspecified atom stereocenters. The molecule has 5 nitrogen and oxygen atoms in total. The van der Waals surface area contributed by atoms with E-state index in [4.69, 9.17) is 0 Å². The lowest BCUT2D eigenvalue weighted by Gasteiger charge is -2.28. The first-order valence-electron chi connectivity index (χ1n) is 10.00. The molecule has 2 fully saturated rings. The summed E-state index contributed by atoms with van der Waals surface area (Å²) in [5.41, 5.74) is 1.27. The van der Waals surface area contributed by atoms with Gasteiger partial charge in [0, 0.05) is 19.5 Å². The van der Waals surface area contributed by atoms with Crippen LogP contribution in [0, 0.1) is 5.92 Å². The second kappa shape index (κ2) is 9.17. The minimum absolute atomic E-state index is 0.0238. The number of nitrogens with one attached hydrogen (secondary N) is 1. The highest BCUT2D eigenvalue weighted by molar-refractivity contribution is 6.03. The molecular formula is C21H31N3O2. The third kappa shape index (κ3) is 5.07. The molecule has 2 heterocycles. The van der Waals surface area contributed by atoms with Crippen molar-refractivity contribution in [1.82, 2.24) is 9.80 Å². The van der Waals surface area contributed by atoms with Gasteiger partial charge in [-0.3, -0.25) is 9.59 Å². The standard InChI is InChI=1S/C21H31N3O2/c1-23-14-10-17(11-15-23)16-20(25)22-19-9-5-4-8-18(19)21(26)24-12-6-2-3-7-13-24/h4-5,8-9,17H,2-3,6-7,10-16H2,1H3,(H,22,25). The van der Waals surface area contributed by atoms with Crippen molar-refractivity contribution < 1.29 is 9.59 Å². The number of hydrogen-bond donors (Lipinski definition) is 1. The molecule has 26 heavy (non-hydrogen) atoms. The van der Waals surface area contributed by atoms with Gasteiger partial charge in [0.25, 0.3) is 5.91 Å². The molecule has 1 N–H and O–H groups in total. The highest BCUT2D eigenvalue weighted by atomic mass is 16.2. The lowest BCUT2D eigenvalue weighted by molar-refractivity contribution is -0.117. The quantitative estimate of drug-likeness (QED) is 0.899. The Morgan fingerprint density at radius 3 is 2.35 bits per heavy atom. The number of nitrogens with zero attached hydrogens (tertiary/aromatic N) is 2. The number of benzene rings is 1. The van der Waals surface area contributed by atoms with Crippen molar-refractivity contribution in [2.45, 2.75) is 44.9 Å². The van der Waals surface area contributed by atoms with Gasteiger partial charge >= 0.3 is 0 Å². The Balaban J connectivity index is 1.63. The van der Waals surface area contributed by atoms with Gasteiger partial charge in [0.15, 0.2) is 0 Å². The minimum atomic E-state index is 0.0238. The van der Waals surface area contributed by atoms with Gasteiger partial charge in [0.2, 0.25) is 5.91 Å². The Hall–Kier alpha value is -1.88. The summed E-state index contributed by atoms with van der Waals surface area (Å²) in [6, 6.07) is 7.43. The average molecular weight is 357 g/mol. The number of amides is 2. The van der Waals surface area contributed by atoms with Gasteiger partial charge in [-0.25, -0.2) is 0 Å². The van der Waals surface area contributed by atoms with E-state index in [1.807, 2.05) is 29.2 Å². The van der Waals surface area contributed by atoms with Crippen LogP contribution >= 0.6 is 0 Å². The number of piperidine rings is 1. The first kappa shape index (κ1) is 18.9. The van der Waals surface area contributed by atoms with E-state index < -0.39 is 0 Å². The molecular weight excluding hydrogens is 326 g/mol. The monoisotopic (exact) mass is 357 g/mol. The number of para-hydroxylation sites is 1. The summed E-state index contributed by atoms with van der Waals surface area (Å²) in [5, 5.41) is 3.00. The fraction of sp³-hybridized carbons (Fsp3) is 0.619. The summed E-state index contributed by atoms with van der Waals surface area (Å²) >= 11 is 0. The van der Waals surface area contributed by atoms with Crippen LogP contribution in [-0.2, 0) is 4.79 Å². The predicted octanol–water partition coefficient (Wildman–Crippen LogP) is 3.37. The molecule has 0 atom stereocenters. The van der Waals surface area contributed by atoms with E-state index in [0.29, 0.717) is 23.6 Å². The summed E-state index contributed by atoms with van der Waals surface area (Å²) in [6.45, 7) is 3.75. The zero-order valence-corrected chi connectivity index (χ0v) is 15.9. The van der Waals surface area contributed by atoms with E-state index in [-0.39, 0.29) is 11.8 Å². The van der Waals surface area contributed by atoms with Crippen LogP contribution in [-0.4, -0.2) is 54.8 Å². The van der Waals surface area contributed by atoms with Crippen LogP contribution in [0.2, 0.25) is 0 Å². The third-order valence-corrected chi connectivity index (χ3v) is 5.64. The Morgan fingerprint density at radius 1 is 1.00 bits per heavy atom. The van der Waals surface area contributed by atoms with Crippen molar-refractivity contribution in [3.8, 4) is 0 Å². The number of carbonyl (C=O) groups excluding carboxylic acids is 2. The average Bonchev–Trinajstić information content (AvgIpc) is 2.93. The van der Waals surface area contributed by atoms with Crippen LogP contribution < -0.4 is 5.32 Å². The van der Waals surface area contributed by atoms with Crippen LogP contribution in [0.25, 0.3) is 0 Å².